The van der Waals surface area contributed by atoms with E-state index in [4.69, 9.17) is 11.6 Å². The van der Waals surface area contributed by atoms with Crippen LogP contribution in [0.2, 0.25) is 5.15 Å². The fourth-order valence-electron chi connectivity index (χ4n) is 1.76. The monoisotopic (exact) mass is 369 g/mol. The highest BCUT2D eigenvalue weighted by Crippen LogP contribution is 2.23. The SMILES string of the molecule is Cc1cc(Br)cc(NC(=O)c2cc(Cl)ncc2[N+](=O)[O-])c1. The first-order chi connectivity index (χ1) is 9.86. The van der Waals surface area contributed by atoms with Crippen LogP contribution in [0.5, 0.6) is 0 Å². The van der Waals surface area contributed by atoms with Gasteiger partial charge in [-0.25, -0.2) is 4.98 Å². The standard InChI is InChI=1S/C13H9BrClN3O3/c1-7-2-8(14)4-9(3-7)17-13(19)10-5-12(15)16-6-11(10)18(20)21/h2-6H,1H3,(H,17,19). The Bertz CT molecular complexity index is 716. The Hall–Kier alpha value is -1.99. The number of hydrogen-bond acceptors (Lipinski definition) is 4. The summed E-state index contributed by atoms with van der Waals surface area (Å²) in [4.78, 5) is 26.1. The summed E-state index contributed by atoms with van der Waals surface area (Å²) >= 11 is 9.02. The molecule has 0 spiro atoms. The molecular formula is C13H9BrClN3O3. The van der Waals surface area contributed by atoms with E-state index < -0.39 is 16.5 Å². The maximum atomic E-state index is 12.2. The van der Waals surface area contributed by atoms with Crippen molar-refractivity contribution < 1.29 is 9.72 Å². The smallest absolute Gasteiger partial charge is 0.300 e. The molecule has 1 aromatic heterocycles. The van der Waals surface area contributed by atoms with Crippen molar-refractivity contribution in [2.75, 3.05) is 5.32 Å². The number of aryl methyl sites for hydroxylation is 1. The molecule has 0 saturated carbocycles. The summed E-state index contributed by atoms with van der Waals surface area (Å²) in [6, 6.07) is 6.48. The van der Waals surface area contributed by atoms with Crippen molar-refractivity contribution in [3.8, 4) is 0 Å². The van der Waals surface area contributed by atoms with Gasteiger partial charge < -0.3 is 5.32 Å². The molecule has 0 aliphatic carbocycles. The Balaban J connectivity index is 2.36. The predicted molar refractivity (Wildman–Crippen MR) is 82.7 cm³/mol. The number of nitro groups is 1. The zero-order valence-electron chi connectivity index (χ0n) is 10.8. The number of carbonyl (C=O) groups excluding carboxylic acids is 1. The summed E-state index contributed by atoms with van der Waals surface area (Å²) in [6.45, 7) is 1.87. The maximum absolute atomic E-state index is 12.2. The third-order valence-electron chi connectivity index (χ3n) is 2.59. The van der Waals surface area contributed by atoms with E-state index in [9.17, 15) is 14.9 Å². The van der Waals surface area contributed by atoms with E-state index in [0.29, 0.717) is 5.69 Å². The average molecular weight is 371 g/mol. The van der Waals surface area contributed by atoms with Gasteiger partial charge in [0.1, 0.15) is 16.9 Å². The highest BCUT2D eigenvalue weighted by molar-refractivity contribution is 9.10. The van der Waals surface area contributed by atoms with E-state index in [-0.39, 0.29) is 10.7 Å². The molecule has 6 nitrogen and oxygen atoms in total. The van der Waals surface area contributed by atoms with Crippen LogP contribution < -0.4 is 5.32 Å². The number of benzene rings is 1. The zero-order valence-corrected chi connectivity index (χ0v) is 13.1. The minimum atomic E-state index is -0.676. The number of halogens is 2. The van der Waals surface area contributed by atoms with Crippen molar-refractivity contribution >= 4 is 44.8 Å². The van der Waals surface area contributed by atoms with Gasteiger partial charge in [-0.15, -0.1) is 0 Å². The van der Waals surface area contributed by atoms with E-state index in [1.807, 2.05) is 13.0 Å². The quantitative estimate of drug-likeness (QED) is 0.503. The largest absolute Gasteiger partial charge is 0.322 e. The predicted octanol–water partition coefficient (Wildman–Crippen LogP) is 3.97. The summed E-state index contributed by atoms with van der Waals surface area (Å²) in [7, 11) is 0. The maximum Gasteiger partial charge on any atom is 0.300 e. The van der Waals surface area contributed by atoms with Crippen LogP contribution >= 0.6 is 27.5 Å². The highest BCUT2D eigenvalue weighted by Gasteiger charge is 2.21. The van der Waals surface area contributed by atoms with E-state index in [2.05, 4.69) is 26.2 Å². The van der Waals surface area contributed by atoms with Gasteiger partial charge in [-0.3, -0.25) is 14.9 Å². The fourth-order valence-corrected chi connectivity index (χ4v) is 2.52. The molecule has 0 saturated heterocycles. The molecule has 0 fully saturated rings. The van der Waals surface area contributed by atoms with Gasteiger partial charge in [-0.2, -0.15) is 0 Å². The van der Waals surface area contributed by atoms with E-state index in [0.717, 1.165) is 16.2 Å². The topological polar surface area (TPSA) is 85.1 Å². The summed E-state index contributed by atoms with van der Waals surface area (Å²) in [6.07, 6.45) is 0.962. The average Bonchev–Trinajstić information content (AvgIpc) is 2.36. The Morgan fingerprint density at radius 3 is 2.71 bits per heavy atom. The van der Waals surface area contributed by atoms with Crippen LogP contribution in [-0.2, 0) is 0 Å². The number of carbonyl (C=O) groups is 1. The van der Waals surface area contributed by atoms with Gasteiger partial charge in [0.2, 0.25) is 0 Å². The van der Waals surface area contributed by atoms with Crippen molar-refractivity contribution in [2.45, 2.75) is 6.92 Å². The number of anilines is 1. The lowest BCUT2D eigenvalue weighted by Gasteiger charge is -2.07. The number of aromatic nitrogens is 1. The molecule has 1 aromatic carbocycles. The van der Waals surface area contributed by atoms with E-state index in [1.165, 1.54) is 6.07 Å². The van der Waals surface area contributed by atoms with Crippen molar-refractivity contribution in [1.82, 2.24) is 4.98 Å². The van der Waals surface area contributed by atoms with Gasteiger partial charge >= 0.3 is 0 Å². The number of nitrogens with one attached hydrogen (secondary N) is 1. The second-order valence-corrected chi connectivity index (χ2v) is 5.56. The molecular weight excluding hydrogens is 362 g/mol. The Morgan fingerprint density at radius 2 is 2.10 bits per heavy atom. The van der Waals surface area contributed by atoms with Gasteiger partial charge in [0.25, 0.3) is 11.6 Å². The first kappa shape index (κ1) is 15.4. The minimum absolute atomic E-state index is 0.0103. The third kappa shape index (κ3) is 3.77. The fraction of sp³-hybridized carbons (Fsp3) is 0.0769. The second kappa shape index (κ2) is 6.19. The zero-order chi connectivity index (χ0) is 15.6. The second-order valence-electron chi connectivity index (χ2n) is 4.25. The van der Waals surface area contributed by atoms with Gasteiger partial charge in [0.15, 0.2) is 0 Å². The summed E-state index contributed by atoms with van der Waals surface area (Å²) in [5.74, 6) is -0.622. The molecule has 0 bridgehead atoms. The Labute approximate surface area is 133 Å². The lowest BCUT2D eigenvalue weighted by Crippen LogP contribution is -2.14. The number of amides is 1. The van der Waals surface area contributed by atoms with Crippen molar-refractivity contribution in [3.05, 3.63) is 61.3 Å². The molecule has 1 heterocycles. The summed E-state index contributed by atoms with van der Waals surface area (Å²) in [5.41, 5.74) is 0.914. The van der Waals surface area contributed by atoms with Crippen LogP contribution in [0.15, 0.2) is 34.9 Å². The van der Waals surface area contributed by atoms with Crippen molar-refractivity contribution in [2.24, 2.45) is 0 Å². The van der Waals surface area contributed by atoms with Gasteiger partial charge in [0, 0.05) is 10.2 Å². The number of nitrogens with zero attached hydrogens (tertiary/aromatic N) is 2. The first-order valence-corrected chi connectivity index (χ1v) is 6.92. The molecule has 1 N–H and O–H groups in total. The summed E-state index contributed by atoms with van der Waals surface area (Å²) in [5, 5.41) is 13.5. The Morgan fingerprint density at radius 1 is 1.38 bits per heavy atom. The number of rotatable bonds is 3. The molecule has 0 aliphatic rings. The lowest BCUT2D eigenvalue weighted by molar-refractivity contribution is -0.385. The number of hydrogen-bond donors (Lipinski definition) is 1. The van der Waals surface area contributed by atoms with Crippen LogP contribution in [0.4, 0.5) is 11.4 Å². The molecule has 2 aromatic rings. The third-order valence-corrected chi connectivity index (χ3v) is 3.26. The van der Waals surface area contributed by atoms with E-state index in [1.54, 1.807) is 12.1 Å². The first-order valence-electron chi connectivity index (χ1n) is 5.75. The van der Waals surface area contributed by atoms with Crippen molar-refractivity contribution in [3.63, 3.8) is 0 Å². The molecule has 21 heavy (non-hydrogen) atoms. The van der Waals surface area contributed by atoms with Crippen LogP contribution in [0, 0.1) is 17.0 Å². The lowest BCUT2D eigenvalue weighted by atomic mass is 10.2. The van der Waals surface area contributed by atoms with Crippen molar-refractivity contribution in [1.29, 1.82) is 0 Å². The molecule has 8 heteroatoms. The van der Waals surface area contributed by atoms with Crippen LogP contribution in [0.3, 0.4) is 0 Å². The highest BCUT2D eigenvalue weighted by atomic mass is 79.9. The summed E-state index contributed by atoms with van der Waals surface area (Å²) < 4.78 is 0.792. The van der Waals surface area contributed by atoms with Gasteiger partial charge in [-0.05, 0) is 36.8 Å². The molecule has 108 valence electrons. The molecule has 2 rings (SSSR count). The number of pyridine rings is 1. The van der Waals surface area contributed by atoms with Crippen LogP contribution in [0.1, 0.15) is 15.9 Å². The van der Waals surface area contributed by atoms with Crippen LogP contribution in [0.25, 0.3) is 0 Å². The van der Waals surface area contributed by atoms with Gasteiger partial charge in [-0.1, -0.05) is 27.5 Å². The van der Waals surface area contributed by atoms with Crippen LogP contribution in [-0.4, -0.2) is 15.8 Å². The molecule has 0 aliphatic heterocycles. The van der Waals surface area contributed by atoms with E-state index >= 15 is 0 Å². The normalized spacial score (nSPS) is 10.2. The van der Waals surface area contributed by atoms with Gasteiger partial charge in [0.05, 0.1) is 4.92 Å². The molecule has 0 atom stereocenters. The molecule has 1 amide bonds. The minimum Gasteiger partial charge on any atom is -0.322 e. The molecule has 0 unspecified atom stereocenters. The molecule has 0 radical (unpaired) electrons. The Kier molecular flexibility index (Phi) is 4.54.